The van der Waals surface area contributed by atoms with Gasteiger partial charge in [0.05, 0.1) is 5.56 Å². The third-order valence-corrected chi connectivity index (χ3v) is 3.54. The molecule has 0 radical (unpaired) electrons. The van der Waals surface area contributed by atoms with Crippen LogP contribution in [0, 0.1) is 5.82 Å². The smallest absolute Gasteiger partial charge is 0.274 e. The van der Waals surface area contributed by atoms with Crippen molar-refractivity contribution in [3.05, 3.63) is 35.6 Å². The first-order valence-corrected chi connectivity index (χ1v) is 6.92. The number of nitrogens with zero attached hydrogens (tertiary/aromatic N) is 2. The van der Waals surface area contributed by atoms with Gasteiger partial charge in [0.15, 0.2) is 0 Å². The largest absolute Gasteiger partial charge is 0.300 e. The van der Waals surface area contributed by atoms with Crippen LogP contribution in [0.25, 0.3) is 0 Å². The van der Waals surface area contributed by atoms with Crippen molar-refractivity contribution in [2.75, 3.05) is 13.1 Å². The topological polar surface area (TPSA) is 44.7 Å². The molecule has 5 heteroatoms. The average Bonchev–Trinajstić information content (AvgIpc) is 2.45. The molecule has 20 heavy (non-hydrogen) atoms. The number of halogens is 1. The molecule has 0 bridgehead atoms. The van der Waals surface area contributed by atoms with Gasteiger partial charge in [-0.05, 0) is 26.0 Å². The predicted molar refractivity (Wildman–Crippen MR) is 77.2 cm³/mol. The summed E-state index contributed by atoms with van der Waals surface area (Å²) in [6, 6.07) is 6.44. The van der Waals surface area contributed by atoms with Crippen LogP contribution in [0.1, 0.15) is 37.0 Å². The van der Waals surface area contributed by atoms with Crippen molar-refractivity contribution in [1.82, 2.24) is 10.3 Å². The summed E-state index contributed by atoms with van der Waals surface area (Å²) in [6.07, 6.45) is 1.69. The Balaban J connectivity index is 1.91. The van der Waals surface area contributed by atoms with Crippen LogP contribution in [-0.2, 0) is 0 Å². The number of piperidine rings is 1. The highest BCUT2D eigenvalue weighted by atomic mass is 19.1. The van der Waals surface area contributed by atoms with E-state index in [-0.39, 0.29) is 5.56 Å². The van der Waals surface area contributed by atoms with Gasteiger partial charge in [0.1, 0.15) is 5.82 Å². The molecule has 1 amide bonds. The summed E-state index contributed by atoms with van der Waals surface area (Å²) in [4.78, 5) is 14.2. The number of hydrogen-bond acceptors (Lipinski definition) is 3. The Bertz CT molecular complexity index is 504. The average molecular weight is 277 g/mol. The highest BCUT2D eigenvalue weighted by Gasteiger charge is 2.17. The Morgan fingerprint density at radius 3 is 2.55 bits per heavy atom. The standard InChI is InChI=1S/C15H20FN3O/c1-11(2)19-9-7-12(8-10-19)17-18-15(20)13-5-3-4-6-14(13)16/h3-6,11H,7-10H2,1-2H3,(H,18,20). The number of amides is 1. The van der Waals surface area contributed by atoms with Gasteiger partial charge in [-0.15, -0.1) is 0 Å². The van der Waals surface area contributed by atoms with Gasteiger partial charge in [-0.3, -0.25) is 4.79 Å². The van der Waals surface area contributed by atoms with Gasteiger partial charge in [0.2, 0.25) is 0 Å². The second kappa shape index (κ2) is 6.61. The maximum atomic E-state index is 13.4. The van der Waals surface area contributed by atoms with Gasteiger partial charge in [-0.1, -0.05) is 12.1 Å². The maximum Gasteiger partial charge on any atom is 0.274 e. The third-order valence-electron chi connectivity index (χ3n) is 3.54. The van der Waals surface area contributed by atoms with Crippen molar-refractivity contribution < 1.29 is 9.18 Å². The van der Waals surface area contributed by atoms with Crippen molar-refractivity contribution in [2.24, 2.45) is 5.10 Å². The van der Waals surface area contributed by atoms with Gasteiger partial charge in [-0.25, -0.2) is 9.82 Å². The Hall–Kier alpha value is -1.75. The van der Waals surface area contributed by atoms with E-state index in [9.17, 15) is 9.18 Å². The van der Waals surface area contributed by atoms with Gasteiger partial charge >= 0.3 is 0 Å². The highest BCUT2D eigenvalue weighted by Crippen LogP contribution is 2.10. The Kier molecular flexibility index (Phi) is 4.84. The number of rotatable bonds is 3. The predicted octanol–water partition coefficient (Wildman–Crippen LogP) is 2.42. The lowest BCUT2D eigenvalue weighted by molar-refractivity contribution is 0.0950. The van der Waals surface area contributed by atoms with Gasteiger partial charge in [0, 0.05) is 37.7 Å². The Morgan fingerprint density at radius 2 is 1.95 bits per heavy atom. The molecular weight excluding hydrogens is 257 g/mol. The molecule has 0 spiro atoms. The lowest BCUT2D eigenvalue weighted by Gasteiger charge is -2.30. The molecule has 1 aromatic carbocycles. The molecule has 1 heterocycles. The second-order valence-corrected chi connectivity index (χ2v) is 5.23. The van der Waals surface area contributed by atoms with Crippen molar-refractivity contribution in [2.45, 2.75) is 32.7 Å². The van der Waals surface area contributed by atoms with Gasteiger partial charge < -0.3 is 4.90 Å². The first-order valence-electron chi connectivity index (χ1n) is 6.92. The monoisotopic (exact) mass is 277 g/mol. The number of hydrogen-bond donors (Lipinski definition) is 1. The van der Waals surface area contributed by atoms with Crippen molar-refractivity contribution in [3.63, 3.8) is 0 Å². The lowest BCUT2D eigenvalue weighted by Crippen LogP contribution is -2.39. The zero-order chi connectivity index (χ0) is 14.5. The van der Waals surface area contributed by atoms with Crippen molar-refractivity contribution >= 4 is 11.6 Å². The summed E-state index contributed by atoms with van der Waals surface area (Å²) >= 11 is 0. The fourth-order valence-electron chi connectivity index (χ4n) is 2.25. The van der Waals surface area contributed by atoms with Crippen LogP contribution < -0.4 is 5.43 Å². The summed E-state index contributed by atoms with van der Waals surface area (Å²) < 4.78 is 13.4. The first-order chi connectivity index (χ1) is 9.58. The van der Waals surface area contributed by atoms with Gasteiger partial charge in [0.25, 0.3) is 5.91 Å². The van der Waals surface area contributed by atoms with E-state index in [2.05, 4.69) is 29.3 Å². The minimum atomic E-state index is -0.528. The van der Waals surface area contributed by atoms with E-state index in [4.69, 9.17) is 0 Å². The highest BCUT2D eigenvalue weighted by molar-refractivity contribution is 5.95. The van der Waals surface area contributed by atoms with Crippen LogP contribution in [0.3, 0.4) is 0 Å². The van der Waals surface area contributed by atoms with Crippen LogP contribution in [0.5, 0.6) is 0 Å². The molecule has 0 aromatic heterocycles. The molecule has 108 valence electrons. The number of carbonyl (C=O) groups is 1. The van der Waals surface area contributed by atoms with Crippen LogP contribution in [0.2, 0.25) is 0 Å². The number of likely N-dealkylation sites (tertiary alicyclic amines) is 1. The zero-order valence-electron chi connectivity index (χ0n) is 11.9. The van der Waals surface area contributed by atoms with E-state index in [1.807, 2.05) is 0 Å². The Morgan fingerprint density at radius 1 is 1.30 bits per heavy atom. The van der Waals surface area contributed by atoms with Crippen LogP contribution in [-0.4, -0.2) is 35.7 Å². The SMILES string of the molecule is CC(C)N1CCC(=NNC(=O)c2ccccc2F)CC1. The zero-order valence-corrected chi connectivity index (χ0v) is 11.9. The van der Waals surface area contributed by atoms with E-state index in [0.29, 0.717) is 6.04 Å². The molecule has 2 rings (SSSR count). The van der Waals surface area contributed by atoms with E-state index >= 15 is 0 Å². The lowest BCUT2D eigenvalue weighted by atomic mass is 10.1. The number of carbonyl (C=O) groups excluding carboxylic acids is 1. The normalized spacial score (nSPS) is 16.3. The summed E-state index contributed by atoms with van der Waals surface area (Å²) in [6.45, 7) is 6.24. The minimum Gasteiger partial charge on any atom is -0.300 e. The molecule has 1 fully saturated rings. The number of hydrazone groups is 1. The summed E-state index contributed by atoms with van der Waals surface area (Å²) in [7, 11) is 0. The molecular formula is C15H20FN3O. The van der Waals surface area contributed by atoms with Crippen molar-refractivity contribution in [3.8, 4) is 0 Å². The molecule has 1 aliphatic heterocycles. The second-order valence-electron chi connectivity index (χ2n) is 5.23. The third kappa shape index (κ3) is 3.63. The molecule has 1 aromatic rings. The molecule has 0 unspecified atom stereocenters. The molecule has 0 aliphatic carbocycles. The summed E-state index contributed by atoms with van der Waals surface area (Å²) in [5, 5.41) is 4.12. The molecule has 1 N–H and O–H groups in total. The molecule has 0 atom stereocenters. The Labute approximate surface area is 118 Å². The number of benzene rings is 1. The van der Waals surface area contributed by atoms with Crippen molar-refractivity contribution in [1.29, 1.82) is 0 Å². The van der Waals surface area contributed by atoms with E-state index in [0.717, 1.165) is 31.6 Å². The summed E-state index contributed by atoms with van der Waals surface area (Å²) in [5.74, 6) is -1.03. The quantitative estimate of drug-likeness (QED) is 0.862. The van der Waals surface area contributed by atoms with Crippen LogP contribution in [0.4, 0.5) is 4.39 Å². The fourth-order valence-corrected chi connectivity index (χ4v) is 2.25. The minimum absolute atomic E-state index is 0.0245. The fraction of sp³-hybridized carbons (Fsp3) is 0.467. The van der Waals surface area contributed by atoms with E-state index in [1.165, 1.54) is 12.1 Å². The van der Waals surface area contributed by atoms with Crippen LogP contribution >= 0.6 is 0 Å². The van der Waals surface area contributed by atoms with E-state index < -0.39 is 11.7 Å². The molecule has 1 aliphatic rings. The maximum absolute atomic E-state index is 13.4. The van der Waals surface area contributed by atoms with Crippen LogP contribution in [0.15, 0.2) is 29.4 Å². The molecule has 4 nitrogen and oxygen atoms in total. The van der Waals surface area contributed by atoms with E-state index in [1.54, 1.807) is 12.1 Å². The first kappa shape index (κ1) is 14.7. The molecule has 1 saturated heterocycles. The van der Waals surface area contributed by atoms with Gasteiger partial charge in [-0.2, -0.15) is 5.10 Å². The summed E-state index contributed by atoms with van der Waals surface area (Å²) in [5.41, 5.74) is 3.43. The molecule has 0 saturated carbocycles. The number of nitrogens with one attached hydrogen (secondary N) is 1.